The van der Waals surface area contributed by atoms with Crippen LogP contribution in [0.15, 0.2) is 24.3 Å². The van der Waals surface area contributed by atoms with Crippen LogP contribution in [-0.4, -0.2) is 32.7 Å². The summed E-state index contributed by atoms with van der Waals surface area (Å²) in [6.07, 6.45) is 0.521. The van der Waals surface area contributed by atoms with Crippen LogP contribution in [-0.2, 0) is 4.79 Å². The van der Waals surface area contributed by atoms with E-state index < -0.39 is 0 Å². The van der Waals surface area contributed by atoms with Crippen molar-refractivity contribution < 1.29 is 9.53 Å². The second-order valence-corrected chi connectivity index (χ2v) is 5.21. The molecule has 20 heavy (non-hydrogen) atoms. The van der Waals surface area contributed by atoms with Gasteiger partial charge < -0.3 is 15.4 Å². The summed E-state index contributed by atoms with van der Waals surface area (Å²) in [5.41, 5.74) is 1.14. The first kappa shape index (κ1) is 16.8. The Morgan fingerprint density at radius 3 is 2.85 bits per heavy atom. The highest BCUT2D eigenvalue weighted by atomic mass is 35.5. The molecular formula is C15H23ClN2O2. The minimum Gasteiger partial charge on any atom is -0.497 e. The number of nitrogens with one attached hydrogen (secondary N) is 2. The molecule has 1 aromatic rings. The lowest BCUT2D eigenvalue weighted by molar-refractivity contribution is -0.121. The molecule has 1 aromatic carbocycles. The highest BCUT2D eigenvalue weighted by Crippen LogP contribution is 2.23. The molecule has 0 radical (unpaired) electrons. The molecule has 0 saturated carbocycles. The van der Waals surface area contributed by atoms with Gasteiger partial charge >= 0.3 is 0 Å². The van der Waals surface area contributed by atoms with Gasteiger partial charge in [-0.2, -0.15) is 0 Å². The lowest BCUT2D eigenvalue weighted by atomic mass is 9.97. The van der Waals surface area contributed by atoms with Crippen LogP contribution in [0.5, 0.6) is 5.75 Å². The van der Waals surface area contributed by atoms with Gasteiger partial charge in [0.2, 0.25) is 5.91 Å². The molecule has 1 aliphatic rings. The third-order valence-electron chi connectivity index (χ3n) is 3.61. The number of benzene rings is 1. The van der Waals surface area contributed by atoms with Gasteiger partial charge in [-0.25, -0.2) is 0 Å². The molecule has 1 atom stereocenters. The van der Waals surface area contributed by atoms with E-state index in [9.17, 15) is 4.79 Å². The molecule has 1 amide bonds. The SMILES string of the molecule is COc1cccc(C(C)CC(=O)NCC2CNC2)c1.Cl. The minimum atomic E-state index is 0. The predicted octanol–water partition coefficient (Wildman–Crippen LogP) is 1.95. The monoisotopic (exact) mass is 298 g/mol. The van der Waals surface area contributed by atoms with Crippen LogP contribution in [0.4, 0.5) is 0 Å². The average Bonchev–Trinajstić information content (AvgIpc) is 2.37. The Balaban J connectivity index is 0.00000200. The largest absolute Gasteiger partial charge is 0.497 e. The highest BCUT2D eigenvalue weighted by molar-refractivity contribution is 5.85. The van der Waals surface area contributed by atoms with Gasteiger partial charge in [-0.3, -0.25) is 4.79 Å². The number of halogens is 1. The Morgan fingerprint density at radius 2 is 2.25 bits per heavy atom. The quantitative estimate of drug-likeness (QED) is 0.844. The normalized spacial score (nSPS) is 15.7. The number of hydrogen-bond acceptors (Lipinski definition) is 3. The number of hydrogen-bond donors (Lipinski definition) is 2. The van der Waals surface area contributed by atoms with E-state index >= 15 is 0 Å². The van der Waals surface area contributed by atoms with E-state index in [4.69, 9.17) is 4.74 Å². The third kappa shape index (κ3) is 4.69. The topological polar surface area (TPSA) is 50.4 Å². The van der Waals surface area contributed by atoms with E-state index in [1.165, 1.54) is 0 Å². The first-order valence-corrected chi connectivity index (χ1v) is 6.80. The second-order valence-electron chi connectivity index (χ2n) is 5.21. The van der Waals surface area contributed by atoms with Crippen LogP contribution in [0.3, 0.4) is 0 Å². The van der Waals surface area contributed by atoms with Crippen molar-refractivity contribution in [3.8, 4) is 5.75 Å². The standard InChI is InChI=1S/C15H22N2O2.ClH/c1-11(13-4-3-5-14(7-13)19-2)6-15(18)17-10-12-8-16-9-12;/h3-5,7,11-12,16H,6,8-10H2,1-2H3,(H,17,18);1H. The molecular weight excluding hydrogens is 276 g/mol. The summed E-state index contributed by atoms with van der Waals surface area (Å²) in [6, 6.07) is 7.91. The maximum Gasteiger partial charge on any atom is 0.220 e. The first-order valence-electron chi connectivity index (χ1n) is 6.80. The fraction of sp³-hybridized carbons (Fsp3) is 0.533. The zero-order valence-corrected chi connectivity index (χ0v) is 12.8. The van der Waals surface area contributed by atoms with Crippen LogP contribution in [0.25, 0.3) is 0 Å². The third-order valence-corrected chi connectivity index (χ3v) is 3.61. The Labute approximate surface area is 126 Å². The summed E-state index contributed by atoms with van der Waals surface area (Å²) < 4.78 is 5.20. The number of ether oxygens (including phenoxy) is 1. The predicted molar refractivity (Wildman–Crippen MR) is 82.6 cm³/mol. The van der Waals surface area contributed by atoms with Gasteiger partial charge in [-0.15, -0.1) is 12.4 Å². The van der Waals surface area contributed by atoms with Crippen molar-refractivity contribution in [2.75, 3.05) is 26.7 Å². The molecule has 1 heterocycles. The van der Waals surface area contributed by atoms with E-state index in [2.05, 4.69) is 17.6 Å². The molecule has 1 fully saturated rings. The average molecular weight is 299 g/mol. The number of carbonyl (C=O) groups is 1. The first-order chi connectivity index (χ1) is 9.19. The molecule has 112 valence electrons. The van der Waals surface area contributed by atoms with Crippen molar-refractivity contribution in [2.24, 2.45) is 5.92 Å². The summed E-state index contributed by atoms with van der Waals surface area (Å²) in [7, 11) is 1.66. The Kier molecular flexibility index (Phi) is 6.82. The molecule has 1 unspecified atom stereocenters. The molecule has 2 rings (SSSR count). The maximum atomic E-state index is 11.9. The molecule has 2 N–H and O–H groups in total. The number of methoxy groups -OCH3 is 1. The highest BCUT2D eigenvalue weighted by Gasteiger charge is 2.18. The summed E-state index contributed by atoms with van der Waals surface area (Å²) in [6.45, 7) is 4.90. The Morgan fingerprint density at radius 1 is 1.50 bits per heavy atom. The molecule has 0 aromatic heterocycles. The number of carbonyl (C=O) groups excluding carboxylic acids is 1. The molecule has 5 heteroatoms. The van der Waals surface area contributed by atoms with E-state index in [1.54, 1.807) is 7.11 Å². The van der Waals surface area contributed by atoms with Crippen molar-refractivity contribution in [1.29, 1.82) is 0 Å². The Hall–Kier alpha value is -1.26. The van der Waals surface area contributed by atoms with Crippen molar-refractivity contribution in [2.45, 2.75) is 19.3 Å². The van der Waals surface area contributed by atoms with Gasteiger partial charge in [0.25, 0.3) is 0 Å². The van der Waals surface area contributed by atoms with E-state index in [1.807, 2.05) is 24.3 Å². The molecule has 0 bridgehead atoms. The van der Waals surface area contributed by atoms with Crippen molar-refractivity contribution in [3.63, 3.8) is 0 Å². The van der Waals surface area contributed by atoms with Gasteiger partial charge in [0.15, 0.2) is 0 Å². The Bertz CT molecular complexity index is 436. The van der Waals surface area contributed by atoms with Crippen LogP contribution >= 0.6 is 12.4 Å². The molecule has 1 saturated heterocycles. The lowest BCUT2D eigenvalue weighted by Gasteiger charge is -2.27. The van der Waals surface area contributed by atoms with Gasteiger partial charge in [0.05, 0.1) is 7.11 Å². The van der Waals surface area contributed by atoms with Crippen LogP contribution < -0.4 is 15.4 Å². The summed E-state index contributed by atoms with van der Waals surface area (Å²) in [4.78, 5) is 11.9. The van der Waals surface area contributed by atoms with E-state index in [0.717, 1.165) is 30.9 Å². The molecule has 0 spiro atoms. The molecule has 0 aliphatic carbocycles. The summed E-state index contributed by atoms with van der Waals surface area (Å²) in [5.74, 6) is 1.78. The van der Waals surface area contributed by atoms with Crippen molar-refractivity contribution in [1.82, 2.24) is 10.6 Å². The van der Waals surface area contributed by atoms with Gasteiger partial charge in [-0.1, -0.05) is 19.1 Å². The van der Waals surface area contributed by atoms with E-state index in [0.29, 0.717) is 12.3 Å². The van der Waals surface area contributed by atoms with Gasteiger partial charge in [0.1, 0.15) is 5.75 Å². The van der Waals surface area contributed by atoms with Crippen LogP contribution in [0.2, 0.25) is 0 Å². The smallest absolute Gasteiger partial charge is 0.220 e. The fourth-order valence-electron chi connectivity index (χ4n) is 2.17. The number of amides is 1. The van der Waals surface area contributed by atoms with Crippen LogP contribution in [0.1, 0.15) is 24.8 Å². The van der Waals surface area contributed by atoms with Crippen molar-refractivity contribution in [3.05, 3.63) is 29.8 Å². The van der Waals surface area contributed by atoms with Gasteiger partial charge in [0, 0.05) is 32.0 Å². The lowest BCUT2D eigenvalue weighted by Crippen LogP contribution is -2.48. The summed E-state index contributed by atoms with van der Waals surface area (Å²) >= 11 is 0. The second kappa shape index (κ2) is 8.12. The zero-order chi connectivity index (χ0) is 13.7. The summed E-state index contributed by atoms with van der Waals surface area (Å²) in [5, 5.41) is 6.20. The minimum absolute atomic E-state index is 0. The molecule has 4 nitrogen and oxygen atoms in total. The number of rotatable bonds is 6. The fourth-order valence-corrected chi connectivity index (χ4v) is 2.17. The van der Waals surface area contributed by atoms with Crippen molar-refractivity contribution >= 4 is 18.3 Å². The maximum absolute atomic E-state index is 11.9. The molecule has 1 aliphatic heterocycles. The van der Waals surface area contributed by atoms with E-state index in [-0.39, 0.29) is 24.2 Å². The zero-order valence-electron chi connectivity index (χ0n) is 12.0. The van der Waals surface area contributed by atoms with Crippen LogP contribution in [0, 0.1) is 5.92 Å². The van der Waals surface area contributed by atoms with Gasteiger partial charge in [-0.05, 0) is 23.6 Å².